The molecule has 0 unspecified atom stereocenters. The lowest BCUT2D eigenvalue weighted by molar-refractivity contribution is 0.963. The average Bonchev–Trinajstić information content (AvgIpc) is 2.95. The number of dihydropyridines is 1. The molecule has 3 nitrogen and oxygen atoms in total. The Balaban J connectivity index is 2.03. The van der Waals surface area contributed by atoms with Gasteiger partial charge < -0.3 is 5.32 Å². The van der Waals surface area contributed by atoms with Gasteiger partial charge in [0.15, 0.2) is 0 Å². The number of nitrogens with one attached hydrogen (secondary N) is 1. The summed E-state index contributed by atoms with van der Waals surface area (Å²) in [6, 6.07) is 16.8. The van der Waals surface area contributed by atoms with Gasteiger partial charge in [-0.2, -0.15) is 0 Å². The molecule has 0 fully saturated rings. The van der Waals surface area contributed by atoms with E-state index in [2.05, 4.69) is 71.4 Å². The minimum absolute atomic E-state index is 0.869. The lowest BCUT2D eigenvalue weighted by Crippen LogP contribution is -2.11. The third-order valence-electron chi connectivity index (χ3n) is 3.87. The number of benzene rings is 2. The van der Waals surface area contributed by atoms with Crippen LogP contribution in [0.2, 0.25) is 0 Å². The zero-order chi connectivity index (χ0) is 14.9. The van der Waals surface area contributed by atoms with Crippen molar-refractivity contribution in [2.24, 2.45) is 0 Å². The van der Waals surface area contributed by atoms with Crippen molar-refractivity contribution >= 4 is 16.6 Å². The van der Waals surface area contributed by atoms with Gasteiger partial charge in [0, 0.05) is 24.0 Å². The first-order chi connectivity index (χ1) is 10.8. The number of fused-ring (bicyclic) bond motifs is 1. The van der Waals surface area contributed by atoms with E-state index in [0.717, 1.165) is 34.7 Å². The van der Waals surface area contributed by atoms with E-state index >= 15 is 0 Å². The van der Waals surface area contributed by atoms with Crippen LogP contribution in [-0.2, 0) is 0 Å². The first-order valence-electron chi connectivity index (χ1n) is 7.48. The van der Waals surface area contributed by atoms with Crippen LogP contribution >= 0.6 is 0 Å². The Morgan fingerprint density at radius 3 is 2.73 bits per heavy atom. The van der Waals surface area contributed by atoms with Crippen molar-refractivity contribution in [1.29, 1.82) is 0 Å². The number of nitrogens with zero attached hydrogens (tertiary/aromatic N) is 2. The Labute approximate surface area is 129 Å². The van der Waals surface area contributed by atoms with E-state index in [-0.39, 0.29) is 0 Å². The number of allylic oxidation sites excluding steroid dienone is 2. The fourth-order valence-corrected chi connectivity index (χ4v) is 2.83. The molecular formula is C19H17N3. The highest BCUT2D eigenvalue weighted by Crippen LogP contribution is 2.27. The zero-order valence-corrected chi connectivity index (χ0v) is 12.5. The standard InChI is InChI=1S/C19H17N3/c1-14-9-10-17-18(12-14)22(16-7-3-2-4-8-16)19(21-17)15-6-5-11-20-13-15/h2-10,12-13,20H,11H2,1H3. The maximum Gasteiger partial charge on any atom is 0.147 e. The highest BCUT2D eigenvalue weighted by Gasteiger charge is 2.15. The van der Waals surface area contributed by atoms with Crippen LogP contribution in [0.1, 0.15) is 11.4 Å². The molecule has 22 heavy (non-hydrogen) atoms. The summed E-state index contributed by atoms with van der Waals surface area (Å²) < 4.78 is 2.23. The molecule has 0 bridgehead atoms. The van der Waals surface area contributed by atoms with Crippen LogP contribution < -0.4 is 5.32 Å². The topological polar surface area (TPSA) is 29.9 Å². The molecule has 1 aliphatic rings. The van der Waals surface area contributed by atoms with Gasteiger partial charge in [-0.05, 0) is 36.8 Å². The van der Waals surface area contributed by atoms with Gasteiger partial charge in [0.05, 0.1) is 11.0 Å². The van der Waals surface area contributed by atoms with Crippen molar-refractivity contribution < 1.29 is 0 Å². The first-order valence-corrected chi connectivity index (χ1v) is 7.48. The van der Waals surface area contributed by atoms with Crippen molar-refractivity contribution in [3.8, 4) is 5.69 Å². The van der Waals surface area contributed by atoms with Crippen molar-refractivity contribution in [3.63, 3.8) is 0 Å². The number of hydrogen-bond donors (Lipinski definition) is 1. The smallest absolute Gasteiger partial charge is 0.147 e. The fraction of sp³-hybridized carbons (Fsp3) is 0.105. The molecule has 0 radical (unpaired) electrons. The van der Waals surface area contributed by atoms with Crippen LogP contribution in [0.3, 0.4) is 0 Å². The molecule has 3 aromatic rings. The Hall–Kier alpha value is -2.81. The van der Waals surface area contributed by atoms with Gasteiger partial charge in [0.1, 0.15) is 5.82 Å². The maximum absolute atomic E-state index is 4.86. The van der Waals surface area contributed by atoms with Gasteiger partial charge in [-0.15, -0.1) is 0 Å². The molecule has 0 spiro atoms. The van der Waals surface area contributed by atoms with Gasteiger partial charge in [-0.1, -0.05) is 36.4 Å². The normalized spacial score (nSPS) is 14.0. The molecule has 1 aromatic heterocycles. The summed E-state index contributed by atoms with van der Waals surface area (Å²) in [5.41, 5.74) is 5.63. The summed E-state index contributed by atoms with van der Waals surface area (Å²) in [4.78, 5) is 4.86. The molecule has 0 amide bonds. The summed E-state index contributed by atoms with van der Waals surface area (Å²) in [5.74, 6) is 0.968. The molecule has 2 aromatic carbocycles. The van der Waals surface area contributed by atoms with Crippen LogP contribution in [0.25, 0.3) is 22.3 Å². The van der Waals surface area contributed by atoms with Crippen LogP contribution in [-0.4, -0.2) is 16.1 Å². The third kappa shape index (κ3) is 2.11. The van der Waals surface area contributed by atoms with E-state index in [1.807, 2.05) is 12.3 Å². The predicted molar refractivity (Wildman–Crippen MR) is 90.9 cm³/mol. The molecule has 2 heterocycles. The molecule has 3 heteroatoms. The summed E-state index contributed by atoms with van der Waals surface area (Å²) in [5, 5.41) is 3.27. The highest BCUT2D eigenvalue weighted by atomic mass is 15.1. The number of aromatic nitrogens is 2. The molecule has 0 saturated carbocycles. The quantitative estimate of drug-likeness (QED) is 0.776. The molecule has 108 valence electrons. The Morgan fingerprint density at radius 1 is 1.09 bits per heavy atom. The second-order valence-corrected chi connectivity index (χ2v) is 5.51. The molecule has 4 rings (SSSR count). The third-order valence-corrected chi connectivity index (χ3v) is 3.87. The number of rotatable bonds is 2. The Bertz CT molecular complexity index is 886. The SMILES string of the molecule is Cc1ccc2nc(C3=CNCC=C3)n(-c3ccccc3)c2c1. The summed E-state index contributed by atoms with van der Waals surface area (Å²) in [6.45, 7) is 2.98. The van der Waals surface area contributed by atoms with E-state index in [9.17, 15) is 0 Å². The summed E-state index contributed by atoms with van der Waals surface area (Å²) >= 11 is 0. The predicted octanol–water partition coefficient (Wildman–Crippen LogP) is 3.83. The number of aryl methyl sites for hydroxylation is 1. The van der Waals surface area contributed by atoms with Crippen LogP contribution in [0.15, 0.2) is 66.9 Å². The van der Waals surface area contributed by atoms with E-state index in [1.165, 1.54) is 5.56 Å². The van der Waals surface area contributed by atoms with Gasteiger partial charge in [0.25, 0.3) is 0 Å². The summed E-state index contributed by atoms with van der Waals surface area (Å²) in [6.07, 6.45) is 6.28. The number of hydrogen-bond acceptors (Lipinski definition) is 2. The first kappa shape index (κ1) is 12.9. The fourth-order valence-electron chi connectivity index (χ4n) is 2.83. The lowest BCUT2D eigenvalue weighted by Gasteiger charge is -2.12. The van der Waals surface area contributed by atoms with Gasteiger partial charge in [-0.25, -0.2) is 4.98 Å². The van der Waals surface area contributed by atoms with Crippen molar-refractivity contribution in [3.05, 3.63) is 78.3 Å². The second kappa shape index (κ2) is 5.19. The van der Waals surface area contributed by atoms with Crippen molar-refractivity contribution in [2.45, 2.75) is 6.92 Å². The Kier molecular flexibility index (Phi) is 3.04. The van der Waals surface area contributed by atoms with E-state index in [0.29, 0.717) is 0 Å². The van der Waals surface area contributed by atoms with E-state index in [4.69, 9.17) is 4.98 Å². The molecule has 0 aliphatic carbocycles. The molecule has 0 atom stereocenters. The highest BCUT2D eigenvalue weighted by molar-refractivity contribution is 5.85. The van der Waals surface area contributed by atoms with Crippen molar-refractivity contribution in [1.82, 2.24) is 14.9 Å². The minimum atomic E-state index is 0.869. The number of para-hydroxylation sites is 1. The largest absolute Gasteiger partial charge is 0.387 e. The maximum atomic E-state index is 4.86. The molecule has 1 N–H and O–H groups in total. The van der Waals surface area contributed by atoms with Gasteiger partial charge >= 0.3 is 0 Å². The van der Waals surface area contributed by atoms with Gasteiger partial charge in [0.2, 0.25) is 0 Å². The second-order valence-electron chi connectivity index (χ2n) is 5.51. The molecule has 0 saturated heterocycles. The van der Waals surface area contributed by atoms with Gasteiger partial charge in [-0.3, -0.25) is 4.57 Å². The Morgan fingerprint density at radius 2 is 1.95 bits per heavy atom. The van der Waals surface area contributed by atoms with Crippen LogP contribution in [0.4, 0.5) is 0 Å². The molecular weight excluding hydrogens is 270 g/mol. The lowest BCUT2D eigenvalue weighted by atomic mass is 10.2. The molecule has 1 aliphatic heterocycles. The zero-order valence-electron chi connectivity index (χ0n) is 12.5. The average molecular weight is 287 g/mol. The van der Waals surface area contributed by atoms with Crippen LogP contribution in [0.5, 0.6) is 0 Å². The van der Waals surface area contributed by atoms with E-state index in [1.54, 1.807) is 0 Å². The minimum Gasteiger partial charge on any atom is -0.387 e. The van der Waals surface area contributed by atoms with E-state index < -0.39 is 0 Å². The van der Waals surface area contributed by atoms with Crippen LogP contribution in [0, 0.1) is 6.92 Å². The summed E-state index contributed by atoms with van der Waals surface area (Å²) in [7, 11) is 0. The number of imidazole rings is 1. The van der Waals surface area contributed by atoms with Crippen molar-refractivity contribution in [2.75, 3.05) is 6.54 Å². The monoisotopic (exact) mass is 287 g/mol.